The zero-order chi connectivity index (χ0) is 9.86. The summed E-state index contributed by atoms with van der Waals surface area (Å²) in [7, 11) is 0. The van der Waals surface area contributed by atoms with Gasteiger partial charge < -0.3 is 10.1 Å². The lowest BCUT2D eigenvalue weighted by molar-refractivity contribution is 0.104. The Morgan fingerprint density at radius 1 is 1.43 bits per heavy atom. The lowest BCUT2D eigenvalue weighted by Crippen LogP contribution is -2.27. The number of alkyl halides is 1. The molecule has 82 valence electrons. The molecule has 0 bridgehead atoms. The summed E-state index contributed by atoms with van der Waals surface area (Å²) in [6, 6.07) is 0. The van der Waals surface area contributed by atoms with Crippen LogP contribution in [0.2, 0.25) is 0 Å². The molecule has 1 saturated carbocycles. The van der Waals surface area contributed by atoms with Gasteiger partial charge in [0.05, 0.1) is 6.10 Å². The zero-order valence-corrected chi connectivity index (χ0v) is 9.48. The minimum Gasteiger partial charge on any atom is -0.378 e. The first-order valence-electron chi connectivity index (χ1n) is 5.73. The van der Waals surface area contributed by atoms with Crippen LogP contribution in [0.1, 0.15) is 32.1 Å². The summed E-state index contributed by atoms with van der Waals surface area (Å²) in [6.45, 7) is 3.16. The van der Waals surface area contributed by atoms with E-state index < -0.39 is 0 Å². The highest BCUT2D eigenvalue weighted by atomic mass is 35.5. The standard InChI is InChI=1S/C11H20ClNO/c12-8-11(4-5-11)9-13-6-3-10-2-1-7-14-10/h10,13H,1-9H2. The van der Waals surface area contributed by atoms with Crippen LogP contribution in [-0.2, 0) is 4.74 Å². The van der Waals surface area contributed by atoms with Gasteiger partial charge in [0, 0.05) is 19.0 Å². The van der Waals surface area contributed by atoms with Gasteiger partial charge in [-0.05, 0) is 44.1 Å². The predicted octanol–water partition coefficient (Wildman–Crippen LogP) is 2.16. The van der Waals surface area contributed by atoms with Crippen molar-refractivity contribution < 1.29 is 4.74 Å². The third-order valence-corrected chi connectivity index (χ3v) is 3.97. The van der Waals surface area contributed by atoms with E-state index in [-0.39, 0.29) is 0 Å². The number of nitrogens with one attached hydrogen (secondary N) is 1. The lowest BCUT2D eigenvalue weighted by Gasteiger charge is -2.14. The van der Waals surface area contributed by atoms with Crippen LogP contribution in [0.15, 0.2) is 0 Å². The molecule has 1 N–H and O–H groups in total. The Balaban J connectivity index is 1.50. The molecule has 0 radical (unpaired) electrons. The van der Waals surface area contributed by atoms with Gasteiger partial charge in [-0.2, -0.15) is 0 Å². The van der Waals surface area contributed by atoms with Gasteiger partial charge in [-0.15, -0.1) is 11.6 Å². The molecular weight excluding hydrogens is 198 g/mol. The summed E-state index contributed by atoms with van der Waals surface area (Å²) in [6.07, 6.45) is 6.80. The minimum absolute atomic E-state index is 0.456. The van der Waals surface area contributed by atoms with Crippen LogP contribution < -0.4 is 5.32 Å². The van der Waals surface area contributed by atoms with Crippen LogP contribution in [0.25, 0.3) is 0 Å². The molecule has 1 atom stereocenters. The molecule has 0 aromatic heterocycles. The molecule has 2 nitrogen and oxygen atoms in total. The van der Waals surface area contributed by atoms with E-state index in [1.165, 1.54) is 32.1 Å². The Bertz CT molecular complexity index is 176. The molecule has 1 aliphatic carbocycles. The van der Waals surface area contributed by atoms with Crippen molar-refractivity contribution in [2.75, 3.05) is 25.6 Å². The van der Waals surface area contributed by atoms with Crippen molar-refractivity contribution in [2.24, 2.45) is 5.41 Å². The van der Waals surface area contributed by atoms with Crippen molar-refractivity contribution >= 4 is 11.6 Å². The largest absolute Gasteiger partial charge is 0.378 e. The van der Waals surface area contributed by atoms with E-state index in [1.807, 2.05) is 0 Å². The van der Waals surface area contributed by atoms with Gasteiger partial charge >= 0.3 is 0 Å². The van der Waals surface area contributed by atoms with Crippen molar-refractivity contribution in [1.82, 2.24) is 5.32 Å². The smallest absolute Gasteiger partial charge is 0.0588 e. The van der Waals surface area contributed by atoms with Gasteiger partial charge in [-0.25, -0.2) is 0 Å². The highest BCUT2D eigenvalue weighted by molar-refractivity contribution is 6.18. The van der Waals surface area contributed by atoms with Crippen LogP contribution in [0.4, 0.5) is 0 Å². The number of rotatable bonds is 6. The summed E-state index contributed by atoms with van der Waals surface area (Å²) in [5.74, 6) is 0.819. The van der Waals surface area contributed by atoms with Crippen molar-refractivity contribution in [3.63, 3.8) is 0 Å². The molecule has 1 heterocycles. The molecule has 1 unspecified atom stereocenters. The van der Waals surface area contributed by atoms with E-state index in [2.05, 4.69) is 5.32 Å². The fourth-order valence-electron chi connectivity index (χ4n) is 2.02. The van der Waals surface area contributed by atoms with Crippen LogP contribution in [0, 0.1) is 5.41 Å². The second-order valence-corrected chi connectivity index (χ2v) is 5.00. The molecule has 2 fully saturated rings. The third-order valence-electron chi connectivity index (χ3n) is 3.41. The second kappa shape index (κ2) is 4.82. The molecule has 2 rings (SSSR count). The van der Waals surface area contributed by atoms with Crippen molar-refractivity contribution in [3.8, 4) is 0 Å². The summed E-state index contributed by atoms with van der Waals surface area (Å²) in [5.41, 5.74) is 0.456. The highest BCUT2D eigenvalue weighted by Gasteiger charge is 2.41. The molecule has 2 aliphatic rings. The number of hydrogen-bond donors (Lipinski definition) is 1. The molecule has 0 aromatic rings. The van der Waals surface area contributed by atoms with Gasteiger partial charge in [-0.3, -0.25) is 0 Å². The Morgan fingerprint density at radius 3 is 2.86 bits per heavy atom. The van der Waals surface area contributed by atoms with E-state index in [9.17, 15) is 0 Å². The molecular formula is C11H20ClNO. The Hall–Kier alpha value is 0.210. The summed E-state index contributed by atoms with van der Waals surface area (Å²) >= 11 is 5.90. The van der Waals surface area contributed by atoms with Gasteiger partial charge in [0.25, 0.3) is 0 Å². The van der Waals surface area contributed by atoms with Gasteiger partial charge in [0.1, 0.15) is 0 Å². The van der Waals surface area contributed by atoms with Crippen molar-refractivity contribution in [1.29, 1.82) is 0 Å². The Labute approximate surface area is 91.3 Å². The van der Waals surface area contributed by atoms with Gasteiger partial charge in [-0.1, -0.05) is 0 Å². The lowest BCUT2D eigenvalue weighted by atomic mass is 10.1. The molecule has 0 amide bonds. The summed E-state index contributed by atoms with van der Waals surface area (Å²) in [4.78, 5) is 0. The third kappa shape index (κ3) is 2.85. The normalized spacial score (nSPS) is 29.4. The maximum atomic E-state index is 5.90. The van der Waals surface area contributed by atoms with Crippen LogP contribution in [0.5, 0.6) is 0 Å². The van der Waals surface area contributed by atoms with E-state index in [1.54, 1.807) is 0 Å². The topological polar surface area (TPSA) is 21.3 Å². The quantitative estimate of drug-likeness (QED) is 0.544. The predicted molar refractivity (Wildman–Crippen MR) is 58.8 cm³/mol. The maximum absolute atomic E-state index is 5.90. The molecule has 3 heteroatoms. The molecule has 0 spiro atoms. The van der Waals surface area contributed by atoms with Crippen LogP contribution in [0.3, 0.4) is 0 Å². The fraction of sp³-hybridized carbons (Fsp3) is 1.00. The summed E-state index contributed by atoms with van der Waals surface area (Å²) in [5, 5.41) is 3.50. The van der Waals surface area contributed by atoms with Crippen LogP contribution in [-0.4, -0.2) is 31.7 Å². The number of ether oxygens (including phenoxy) is 1. The average molecular weight is 218 g/mol. The maximum Gasteiger partial charge on any atom is 0.0588 e. The molecule has 14 heavy (non-hydrogen) atoms. The molecule has 0 aromatic carbocycles. The van der Waals surface area contributed by atoms with Crippen LogP contribution >= 0.6 is 11.6 Å². The van der Waals surface area contributed by atoms with E-state index in [0.717, 1.165) is 25.6 Å². The van der Waals surface area contributed by atoms with E-state index in [0.29, 0.717) is 11.5 Å². The Kier molecular flexibility index (Phi) is 3.69. The first kappa shape index (κ1) is 10.7. The highest BCUT2D eigenvalue weighted by Crippen LogP contribution is 2.45. The Morgan fingerprint density at radius 2 is 2.29 bits per heavy atom. The number of halogens is 1. The minimum atomic E-state index is 0.456. The van der Waals surface area contributed by atoms with E-state index in [4.69, 9.17) is 16.3 Å². The SMILES string of the molecule is ClCC1(CNCCC2CCCO2)CC1. The van der Waals surface area contributed by atoms with Gasteiger partial charge in [0.15, 0.2) is 0 Å². The average Bonchev–Trinajstić information content (AvgIpc) is 2.81. The second-order valence-electron chi connectivity index (χ2n) is 4.73. The van der Waals surface area contributed by atoms with Crippen molar-refractivity contribution in [2.45, 2.75) is 38.2 Å². The monoisotopic (exact) mass is 217 g/mol. The first-order chi connectivity index (χ1) is 6.85. The van der Waals surface area contributed by atoms with Gasteiger partial charge in [0.2, 0.25) is 0 Å². The fourth-order valence-corrected chi connectivity index (χ4v) is 2.38. The summed E-state index contributed by atoms with van der Waals surface area (Å²) < 4.78 is 5.56. The molecule has 1 aliphatic heterocycles. The van der Waals surface area contributed by atoms with E-state index >= 15 is 0 Å². The molecule has 1 saturated heterocycles. The first-order valence-corrected chi connectivity index (χ1v) is 6.26. The number of hydrogen-bond acceptors (Lipinski definition) is 2. The van der Waals surface area contributed by atoms with Crippen molar-refractivity contribution in [3.05, 3.63) is 0 Å². The zero-order valence-electron chi connectivity index (χ0n) is 8.73.